The maximum Gasteiger partial charge on any atom is 2.00 e. The Morgan fingerprint density at radius 3 is 0.641 bits per heavy atom. The standard InChI is InChI=1S/2C6H16N2.2C3H8O2.2C3H6O2.2Ni.H2O/c2*1-7(2)5-6-8(3)4;4*1-2-3(4)5;;;/h2*5-6H2,1-4H3;2*3-5H,2H2,1H3;2*2H2,1H3,(H,4,5);;;1H2/q;;;;;;2*+2;. The molecule has 0 aliphatic heterocycles. The van der Waals surface area contributed by atoms with Crippen molar-refractivity contribution in [2.24, 2.45) is 0 Å². The van der Waals surface area contributed by atoms with Crippen molar-refractivity contribution >= 4 is 11.9 Å². The van der Waals surface area contributed by atoms with Gasteiger partial charge in [0.2, 0.25) is 0 Å². The molecule has 0 aliphatic rings. The molecule has 0 atom stereocenters. The largest absolute Gasteiger partial charge is 2.00 e. The molecule has 0 aliphatic carbocycles. The van der Waals surface area contributed by atoms with Gasteiger partial charge in [-0.05, 0) is 69.2 Å². The van der Waals surface area contributed by atoms with E-state index in [2.05, 4.69) is 76.0 Å². The molecular formula is C24H62N4Ni2O9+4. The van der Waals surface area contributed by atoms with E-state index in [0.717, 1.165) is 26.2 Å². The molecular weight excluding hydrogens is 606 g/mol. The van der Waals surface area contributed by atoms with E-state index in [-0.39, 0.29) is 51.3 Å². The van der Waals surface area contributed by atoms with Crippen LogP contribution in [0.4, 0.5) is 0 Å². The summed E-state index contributed by atoms with van der Waals surface area (Å²) in [7, 11) is 16.7. The number of rotatable bonds is 10. The normalized spacial score (nSPS) is 8.97. The first-order valence-electron chi connectivity index (χ1n) is 12.1. The summed E-state index contributed by atoms with van der Waals surface area (Å²) in [4.78, 5) is 27.5. The Morgan fingerprint density at radius 1 is 0.513 bits per heavy atom. The average molecular weight is 668 g/mol. The van der Waals surface area contributed by atoms with Crippen LogP contribution < -0.4 is 0 Å². The van der Waals surface area contributed by atoms with Crippen LogP contribution in [0.25, 0.3) is 0 Å². The number of hydrogen-bond acceptors (Lipinski definition) is 10. The molecule has 0 radical (unpaired) electrons. The van der Waals surface area contributed by atoms with Crippen molar-refractivity contribution in [3.8, 4) is 0 Å². The van der Waals surface area contributed by atoms with Gasteiger partial charge in [0.15, 0.2) is 12.6 Å². The smallest absolute Gasteiger partial charge is 0.481 e. The molecule has 248 valence electrons. The first-order chi connectivity index (χ1) is 16.3. The first-order valence-corrected chi connectivity index (χ1v) is 12.1. The van der Waals surface area contributed by atoms with Gasteiger partial charge in [0, 0.05) is 39.0 Å². The number of carbonyl (C=O) groups is 2. The number of nitrogens with zero attached hydrogens (tertiary/aromatic N) is 4. The number of hydrogen-bond donors (Lipinski definition) is 6. The predicted molar refractivity (Wildman–Crippen MR) is 151 cm³/mol. The Balaban J connectivity index is -0.0000000395. The third kappa shape index (κ3) is 154. The van der Waals surface area contributed by atoms with Crippen LogP contribution in [0.3, 0.4) is 0 Å². The predicted octanol–water partition coefficient (Wildman–Crippen LogP) is -0.234. The van der Waals surface area contributed by atoms with Crippen LogP contribution in [0.2, 0.25) is 0 Å². The molecule has 39 heavy (non-hydrogen) atoms. The monoisotopic (exact) mass is 666 g/mol. The molecule has 0 fully saturated rings. The summed E-state index contributed by atoms with van der Waals surface area (Å²) in [5, 5.41) is 47.1. The summed E-state index contributed by atoms with van der Waals surface area (Å²) in [6.07, 6.45) is -0.954. The molecule has 0 aromatic carbocycles. The molecule has 0 bridgehead atoms. The summed E-state index contributed by atoms with van der Waals surface area (Å²) in [5.74, 6) is -1.49. The van der Waals surface area contributed by atoms with E-state index < -0.39 is 24.5 Å². The second-order valence-electron chi connectivity index (χ2n) is 8.49. The minimum Gasteiger partial charge on any atom is -0.481 e. The van der Waals surface area contributed by atoms with E-state index in [9.17, 15) is 9.59 Å². The van der Waals surface area contributed by atoms with Gasteiger partial charge in [-0.2, -0.15) is 0 Å². The van der Waals surface area contributed by atoms with Crippen LogP contribution in [0.5, 0.6) is 0 Å². The molecule has 0 saturated carbocycles. The number of carboxylic acid groups (broad SMARTS) is 2. The zero-order valence-corrected chi connectivity index (χ0v) is 28.2. The van der Waals surface area contributed by atoms with Crippen LogP contribution >= 0.6 is 0 Å². The Morgan fingerprint density at radius 2 is 0.615 bits per heavy atom. The van der Waals surface area contributed by atoms with Crippen molar-refractivity contribution in [1.29, 1.82) is 0 Å². The third-order valence-electron chi connectivity index (χ3n) is 3.32. The number of carboxylic acids is 2. The van der Waals surface area contributed by atoms with Crippen LogP contribution in [-0.2, 0) is 42.6 Å². The van der Waals surface area contributed by atoms with Gasteiger partial charge in [0.1, 0.15) is 0 Å². The van der Waals surface area contributed by atoms with E-state index in [1.807, 2.05) is 0 Å². The van der Waals surface area contributed by atoms with Crippen molar-refractivity contribution in [3.63, 3.8) is 0 Å². The quantitative estimate of drug-likeness (QED) is 0.132. The van der Waals surface area contributed by atoms with Gasteiger partial charge in [-0.15, -0.1) is 0 Å². The summed E-state index contributed by atoms with van der Waals surface area (Å²) >= 11 is 0. The summed E-state index contributed by atoms with van der Waals surface area (Å²) in [6, 6.07) is 0. The molecule has 0 amide bonds. The molecule has 0 aromatic rings. The van der Waals surface area contributed by atoms with E-state index in [1.54, 1.807) is 27.7 Å². The van der Waals surface area contributed by atoms with Gasteiger partial charge in [-0.1, -0.05) is 27.7 Å². The second kappa shape index (κ2) is 50.4. The summed E-state index contributed by atoms with van der Waals surface area (Å²) in [6.45, 7) is 11.2. The van der Waals surface area contributed by atoms with Crippen molar-refractivity contribution in [1.82, 2.24) is 19.6 Å². The molecule has 0 aromatic heterocycles. The van der Waals surface area contributed by atoms with Crippen molar-refractivity contribution in [2.75, 3.05) is 82.6 Å². The number of likely N-dealkylation sites (N-methyl/N-ethyl adjacent to an activating group) is 4. The molecule has 0 unspecified atom stereocenters. The molecule has 15 heteroatoms. The van der Waals surface area contributed by atoms with Crippen LogP contribution in [0.1, 0.15) is 53.4 Å². The Labute approximate surface area is 258 Å². The van der Waals surface area contributed by atoms with Crippen LogP contribution in [0, 0.1) is 0 Å². The van der Waals surface area contributed by atoms with Gasteiger partial charge in [0.05, 0.1) is 0 Å². The Bertz CT molecular complexity index is 382. The van der Waals surface area contributed by atoms with Gasteiger partial charge >= 0.3 is 44.9 Å². The third-order valence-corrected chi connectivity index (χ3v) is 3.32. The minimum absolute atomic E-state index is 0. The fourth-order valence-electron chi connectivity index (χ4n) is 0.800. The maximum absolute atomic E-state index is 9.37. The summed E-state index contributed by atoms with van der Waals surface area (Å²) in [5.41, 5.74) is 0. The molecule has 8 N–H and O–H groups in total. The zero-order chi connectivity index (χ0) is 30.3. The van der Waals surface area contributed by atoms with Crippen molar-refractivity contribution in [3.05, 3.63) is 0 Å². The minimum atomic E-state index is -1.12. The van der Waals surface area contributed by atoms with E-state index in [4.69, 9.17) is 30.6 Å². The number of aliphatic carboxylic acids is 2. The van der Waals surface area contributed by atoms with Gasteiger partial charge in [0.25, 0.3) is 0 Å². The Hall–Kier alpha value is -0.433. The fourth-order valence-corrected chi connectivity index (χ4v) is 0.800. The SMILES string of the molecule is CCC(=O)O.CCC(=O)O.CCC(O)O.CCC(O)O.CN(C)CCN(C)C.CN(C)CCN(C)C.O.[Ni+2].[Ni+2]. The molecule has 0 heterocycles. The van der Waals surface area contributed by atoms with Gasteiger partial charge < -0.3 is 55.7 Å². The van der Waals surface area contributed by atoms with Crippen molar-refractivity contribution < 1.29 is 78.7 Å². The van der Waals surface area contributed by atoms with Gasteiger partial charge in [-0.25, -0.2) is 0 Å². The van der Waals surface area contributed by atoms with Crippen LogP contribution in [-0.4, -0.2) is 163 Å². The number of aliphatic hydroxyl groups excluding tert-OH is 2. The van der Waals surface area contributed by atoms with Crippen molar-refractivity contribution in [2.45, 2.75) is 66.0 Å². The molecule has 0 rings (SSSR count). The summed E-state index contributed by atoms with van der Waals surface area (Å²) < 4.78 is 0. The molecule has 0 spiro atoms. The van der Waals surface area contributed by atoms with Crippen LogP contribution in [0.15, 0.2) is 0 Å². The zero-order valence-electron chi connectivity index (χ0n) is 26.2. The van der Waals surface area contributed by atoms with E-state index in [1.165, 1.54) is 0 Å². The second-order valence-corrected chi connectivity index (χ2v) is 8.49. The number of aliphatic hydroxyl groups is 4. The van der Waals surface area contributed by atoms with Gasteiger partial charge in [-0.3, -0.25) is 9.59 Å². The fraction of sp³-hybridized carbons (Fsp3) is 0.917. The average Bonchev–Trinajstić information content (AvgIpc) is 2.78. The topological polar surface area (TPSA) is 200 Å². The van der Waals surface area contributed by atoms with E-state index in [0.29, 0.717) is 12.8 Å². The maximum atomic E-state index is 9.37. The first kappa shape index (κ1) is 62.3. The molecule has 13 nitrogen and oxygen atoms in total. The molecule has 0 saturated heterocycles. The Kier molecular flexibility index (Phi) is 80.5. The van der Waals surface area contributed by atoms with E-state index >= 15 is 0 Å².